The minimum atomic E-state index is 0.614. The molecule has 0 saturated heterocycles. The maximum Gasteiger partial charge on any atom is 0.0691 e. The maximum absolute atomic E-state index is 4.57. The third kappa shape index (κ3) is 1.75. The van der Waals surface area contributed by atoms with E-state index in [-0.39, 0.29) is 0 Å². The van der Waals surface area contributed by atoms with Crippen LogP contribution in [0.25, 0.3) is 22.0 Å². The van der Waals surface area contributed by atoms with Gasteiger partial charge in [-0.3, -0.25) is 4.68 Å². The van der Waals surface area contributed by atoms with Crippen molar-refractivity contribution < 1.29 is 0 Å². The first-order valence-corrected chi connectivity index (χ1v) is 6.94. The highest BCUT2D eigenvalue weighted by atomic mass is 15.3. The van der Waals surface area contributed by atoms with Gasteiger partial charge in [0.15, 0.2) is 0 Å². The van der Waals surface area contributed by atoms with Crippen molar-refractivity contribution in [2.45, 2.75) is 25.3 Å². The second-order valence-electron chi connectivity index (χ2n) is 5.31. The van der Waals surface area contributed by atoms with Gasteiger partial charge in [0.05, 0.1) is 17.8 Å². The molecular weight excluding hydrogens is 232 g/mol. The lowest BCUT2D eigenvalue weighted by molar-refractivity contribution is 0.297. The molecule has 2 aromatic carbocycles. The minimum Gasteiger partial charge on any atom is -0.262 e. The van der Waals surface area contributed by atoms with Crippen LogP contribution in [0.15, 0.2) is 54.7 Å². The van der Waals surface area contributed by atoms with Crippen molar-refractivity contribution in [3.8, 4) is 11.1 Å². The van der Waals surface area contributed by atoms with Crippen LogP contribution in [0.4, 0.5) is 0 Å². The van der Waals surface area contributed by atoms with Gasteiger partial charge in [-0.05, 0) is 36.5 Å². The molecular formula is C17H16N2. The average Bonchev–Trinajstić information content (AvgIpc) is 2.81. The molecule has 0 radical (unpaired) electrons. The number of fused-ring (bicyclic) bond motifs is 1. The second-order valence-corrected chi connectivity index (χ2v) is 5.31. The molecule has 0 unspecified atom stereocenters. The number of hydrogen-bond donors (Lipinski definition) is 0. The highest BCUT2D eigenvalue weighted by molar-refractivity contribution is 5.84. The Bertz CT molecular complexity index is 708. The molecule has 1 aromatic heterocycles. The summed E-state index contributed by atoms with van der Waals surface area (Å²) in [6, 6.07) is 17.8. The van der Waals surface area contributed by atoms with Crippen molar-refractivity contribution in [2.24, 2.45) is 0 Å². The molecule has 0 spiro atoms. The summed E-state index contributed by atoms with van der Waals surface area (Å²) in [6.07, 6.45) is 5.87. The molecule has 19 heavy (non-hydrogen) atoms. The van der Waals surface area contributed by atoms with Crippen LogP contribution in [-0.4, -0.2) is 9.78 Å². The Balaban J connectivity index is 1.85. The molecule has 1 fully saturated rings. The lowest BCUT2D eigenvalue weighted by atomic mass is 9.93. The molecule has 0 atom stereocenters. The number of aromatic nitrogens is 2. The smallest absolute Gasteiger partial charge is 0.0691 e. The first-order valence-electron chi connectivity index (χ1n) is 6.94. The van der Waals surface area contributed by atoms with Gasteiger partial charge in [-0.15, -0.1) is 0 Å². The van der Waals surface area contributed by atoms with Crippen LogP contribution in [0.5, 0.6) is 0 Å². The van der Waals surface area contributed by atoms with Crippen molar-refractivity contribution in [3.05, 3.63) is 54.7 Å². The van der Waals surface area contributed by atoms with E-state index in [0.29, 0.717) is 6.04 Å². The van der Waals surface area contributed by atoms with Crippen molar-refractivity contribution in [2.75, 3.05) is 0 Å². The molecule has 0 N–H and O–H groups in total. The summed E-state index contributed by atoms with van der Waals surface area (Å²) < 4.78 is 2.21. The van der Waals surface area contributed by atoms with Gasteiger partial charge >= 0.3 is 0 Å². The Hall–Kier alpha value is -2.09. The van der Waals surface area contributed by atoms with E-state index in [1.165, 1.54) is 41.3 Å². The maximum atomic E-state index is 4.57. The summed E-state index contributed by atoms with van der Waals surface area (Å²) in [4.78, 5) is 0. The molecule has 0 aliphatic heterocycles. The molecule has 2 heteroatoms. The van der Waals surface area contributed by atoms with Crippen LogP contribution < -0.4 is 0 Å². The van der Waals surface area contributed by atoms with E-state index in [1.807, 2.05) is 6.20 Å². The van der Waals surface area contributed by atoms with Crippen LogP contribution in [0, 0.1) is 0 Å². The molecule has 94 valence electrons. The monoisotopic (exact) mass is 248 g/mol. The zero-order chi connectivity index (χ0) is 12.7. The topological polar surface area (TPSA) is 17.8 Å². The third-order valence-electron chi connectivity index (χ3n) is 4.13. The summed E-state index contributed by atoms with van der Waals surface area (Å²) >= 11 is 0. The van der Waals surface area contributed by atoms with Gasteiger partial charge in [0, 0.05) is 5.39 Å². The quantitative estimate of drug-likeness (QED) is 0.656. The summed E-state index contributed by atoms with van der Waals surface area (Å²) in [5, 5.41) is 5.81. The molecule has 4 rings (SSSR count). The Kier molecular flexibility index (Phi) is 2.41. The fourth-order valence-electron chi connectivity index (χ4n) is 2.77. The van der Waals surface area contributed by atoms with E-state index >= 15 is 0 Å². The van der Waals surface area contributed by atoms with Crippen LogP contribution in [0.1, 0.15) is 25.3 Å². The third-order valence-corrected chi connectivity index (χ3v) is 4.13. The minimum absolute atomic E-state index is 0.614. The van der Waals surface area contributed by atoms with Crippen molar-refractivity contribution >= 4 is 10.9 Å². The Morgan fingerprint density at radius 3 is 2.53 bits per heavy atom. The van der Waals surface area contributed by atoms with E-state index < -0.39 is 0 Å². The Labute approximate surface area is 112 Å². The predicted octanol–water partition coefficient (Wildman–Crippen LogP) is 4.43. The van der Waals surface area contributed by atoms with Gasteiger partial charge in [-0.1, -0.05) is 42.5 Å². The number of rotatable bonds is 2. The van der Waals surface area contributed by atoms with Crippen molar-refractivity contribution in [3.63, 3.8) is 0 Å². The van der Waals surface area contributed by atoms with E-state index in [0.717, 1.165) is 0 Å². The molecule has 0 bridgehead atoms. The lowest BCUT2D eigenvalue weighted by Gasteiger charge is -2.26. The summed E-state index contributed by atoms with van der Waals surface area (Å²) in [5.41, 5.74) is 3.81. The number of hydrogen-bond acceptors (Lipinski definition) is 1. The van der Waals surface area contributed by atoms with Crippen molar-refractivity contribution in [1.82, 2.24) is 9.78 Å². The largest absolute Gasteiger partial charge is 0.262 e. The number of nitrogens with zero attached hydrogens (tertiary/aromatic N) is 2. The fourth-order valence-corrected chi connectivity index (χ4v) is 2.77. The fraction of sp³-hybridized carbons (Fsp3) is 0.235. The van der Waals surface area contributed by atoms with Gasteiger partial charge in [0.1, 0.15) is 0 Å². The predicted molar refractivity (Wildman–Crippen MR) is 78.1 cm³/mol. The molecule has 1 aliphatic rings. The molecule has 1 aliphatic carbocycles. The molecule has 0 amide bonds. The summed E-state index contributed by atoms with van der Waals surface area (Å²) in [6.45, 7) is 0. The highest BCUT2D eigenvalue weighted by Gasteiger charge is 2.21. The average molecular weight is 248 g/mol. The van der Waals surface area contributed by atoms with E-state index in [2.05, 4.69) is 58.3 Å². The summed E-state index contributed by atoms with van der Waals surface area (Å²) in [5.74, 6) is 0. The van der Waals surface area contributed by atoms with Gasteiger partial charge in [-0.25, -0.2) is 0 Å². The van der Waals surface area contributed by atoms with Crippen LogP contribution in [0.3, 0.4) is 0 Å². The van der Waals surface area contributed by atoms with E-state index in [4.69, 9.17) is 0 Å². The number of benzene rings is 2. The first-order chi connectivity index (χ1) is 9.42. The zero-order valence-electron chi connectivity index (χ0n) is 10.8. The SMILES string of the molecule is c1ccc(-c2ccc3cnn(C4CCC4)c3c2)cc1. The van der Waals surface area contributed by atoms with Gasteiger partial charge < -0.3 is 0 Å². The summed E-state index contributed by atoms with van der Waals surface area (Å²) in [7, 11) is 0. The molecule has 1 saturated carbocycles. The standard InChI is InChI=1S/C17H16N2/c1-2-5-13(6-3-1)14-9-10-15-12-18-19(17(15)11-14)16-7-4-8-16/h1-3,5-6,9-12,16H,4,7-8H2. The van der Waals surface area contributed by atoms with E-state index in [1.54, 1.807) is 0 Å². The van der Waals surface area contributed by atoms with Crippen LogP contribution in [-0.2, 0) is 0 Å². The first kappa shape index (κ1) is 10.8. The van der Waals surface area contributed by atoms with Gasteiger partial charge in [0.2, 0.25) is 0 Å². The zero-order valence-corrected chi connectivity index (χ0v) is 10.8. The second kappa shape index (κ2) is 4.23. The van der Waals surface area contributed by atoms with Crippen molar-refractivity contribution in [1.29, 1.82) is 0 Å². The highest BCUT2D eigenvalue weighted by Crippen LogP contribution is 2.34. The van der Waals surface area contributed by atoms with Crippen LogP contribution >= 0.6 is 0 Å². The van der Waals surface area contributed by atoms with E-state index in [9.17, 15) is 0 Å². The Morgan fingerprint density at radius 2 is 1.79 bits per heavy atom. The normalized spacial score (nSPS) is 15.6. The Morgan fingerprint density at radius 1 is 0.947 bits per heavy atom. The molecule has 1 heterocycles. The van der Waals surface area contributed by atoms with Crippen LogP contribution in [0.2, 0.25) is 0 Å². The molecule has 2 nitrogen and oxygen atoms in total. The van der Waals surface area contributed by atoms with Gasteiger partial charge in [-0.2, -0.15) is 5.10 Å². The molecule has 3 aromatic rings. The van der Waals surface area contributed by atoms with Gasteiger partial charge in [0.25, 0.3) is 0 Å². The lowest BCUT2D eigenvalue weighted by Crippen LogP contribution is -2.17.